The Bertz CT molecular complexity index is 1090. The third-order valence-electron chi connectivity index (χ3n) is 14.9. The number of aliphatic hydroxyl groups excluding tert-OH is 3. The zero-order valence-corrected chi connectivity index (χ0v) is 47.4. The number of unbranched alkanes of at least 4 members (excludes halogenated alkanes) is 46. The zero-order chi connectivity index (χ0) is 50.7. The van der Waals surface area contributed by atoms with Crippen LogP contribution in [0, 0.1) is 0 Å². The molecule has 0 radical (unpaired) electrons. The quantitative estimate of drug-likeness (QED) is 0.0361. The van der Waals surface area contributed by atoms with Crippen molar-refractivity contribution in [3.8, 4) is 0 Å². The predicted molar refractivity (Wildman–Crippen MR) is 310 cm³/mol. The Balaban J connectivity index is 3.51. The maximum absolute atomic E-state index is 12.5. The van der Waals surface area contributed by atoms with Gasteiger partial charge in [-0.05, 0) is 57.8 Å². The summed E-state index contributed by atoms with van der Waals surface area (Å²) in [7, 11) is 0. The van der Waals surface area contributed by atoms with Crippen LogP contribution in [0.4, 0.5) is 0 Å². The molecule has 0 bridgehead atoms. The van der Waals surface area contributed by atoms with Crippen LogP contribution in [0.5, 0.6) is 0 Å². The van der Waals surface area contributed by atoms with Gasteiger partial charge in [-0.25, -0.2) is 0 Å². The highest BCUT2D eigenvalue weighted by Gasteiger charge is 2.20. The van der Waals surface area contributed by atoms with Gasteiger partial charge in [0.1, 0.15) is 0 Å². The summed E-state index contributed by atoms with van der Waals surface area (Å²) in [6, 6.07) is -0.761. The van der Waals surface area contributed by atoms with Crippen LogP contribution in [0.2, 0.25) is 0 Å². The van der Waals surface area contributed by atoms with E-state index in [0.29, 0.717) is 6.42 Å². The van der Waals surface area contributed by atoms with Gasteiger partial charge < -0.3 is 20.6 Å². The normalized spacial score (nSPS) is 13.4. The van der Waals surface area contributed by atoms with Crippen molar-refractivity contribution in [3.05, 3.63) is 36.5 Å². The van der Waals surface area contributed by atoms with Crippen LogP contribution >= 0.6 is 0 Å². The monoisotopic (exact) mass is 984 g/mol. The summed E-state index contributed by atoms with van der Waals surface area (Å²) >= 11 is 0. The molecule has 0 spiro atoms. The molecule has 3 unspecified atom stereocenters. The molecule has 0 fully saturated rings. The fraction of sp³-hybridized carbons (Fsp3) is 0.892. The lowest BCUT2D eigenvalue weighted by molar-refractivity contribution is -0.124. The highest BCUT2D eigenvalue weighted by Crippen LogP contribution is 2.18. The molecule has 414 valence electrons. The number of rotatable bonds is 59. The van der Waals surface area contributed by atoms with E-state index in [4.69, 9.17) is 0 Å². The fourth-order valence-corrected chi connectivity index (χ4v) is 10.1. The summed E-state index contributed by atoms with van der Waals surface area (Å²) in [5.41, 5.74) is 0. The highest BCUT2D eigenvalue weighted by molar-refractivity contribution is 5.76. The van der Waals surface area contributed by atoms with E-state index in [0.717, 1.165) is 32.1 Å². The number of hydrogen-bond acceptors (Lipinski definition) is 4. The van der Waals surface area contributed by atoms with Crippen LogP contribution in [0.25, 0.3) is 0 Å². The van der Waals surface area contributed by atoms with E-state index in [1.807, 2.05) is 6.08 Å². The second-order valence-electron chi connectivity index (χ2n) is 22.0. The molecule has 3 atom stereocenters. The first-order valence-electron chi connectivity index (χ1n) is 31.8. The minimum absolute atomic E-state index is 0.00824. The summed E-state index contributed by atoms with van der Waals surface area (Å²) < 4.78 is 0. The summed E-state index contributed by atoms with van der Waals surface area (Å²) in [6.07, 6.45) is 79.5. The molecule has 0 aliphatic rings. The van der Waals surface area contributed by atoms with Crippen LogP contribution in [0.3, 0.4) is 0 Å². The summed E-state index contributed by atoms with van der Waals surface area (Å²) in [5.74, 6) is -0.320. The molecule has 0 heterocycles. The average Bonchev–Trinajstić information content (AvgIpc) is 3.36. The SMILES string of the molecule is CCCCCCCCCCCCCCCC/C=C/CC/C=C/C(O)C(CO)NC(=O)CC(O)CCCCCCCCCCCCCCCCC/C=C\CCCCCCCCCCCCCCCCCC. The number of hydrogen-bond donors (Lipinski definition) is 4. The van der Waals surface area contributed by atoms with E-state index in [1.165, 1.54) is 289 Å². The predicted octanol–water partition coefficient (Wildman–Crippen LogP) is 20.2. The Morgan fingerprint density at radius 2 is 0.614 bits per heavy atom. The number of nitrogens with one attached hydrogen (secondary N) is 1. The van der Waals surface area contributed by atoms with Crippen LogP contribution in [0.1, 0.15) is 348 Å². The molecule has 70 heavy (non-hydrogen) atoms. The van der Waals surface area contributed by atoms with Crippen molar-refractivity contribution in [1.29, 1.82) is 0 Å². The molecular formula is C65H125NO4. The summed E-state index contributed by atoms with van der Waals surface area (Å²) in [5, 5.41) is 33.5. The number of carbonyl (C=O) groups excluding carboxylic acids is 1. The molecule has 5 nitrogen and oxygen atoms in total. The number of aliphatic hydroxyl groups is 3. The van der Waals surface area contributed by atoms with Crippen LogP contribution in [-0.4, -0.2) is 46.1 Å². The summed E-state index contributed by atoms with van der Waals surface area (Å²) in [6.45, 7) is 4.24. The van der Waals surface area contributed by atoms with E-state index >= 15 is 0 Å². The zero-order valence-electron chi connectivity index (χ0n) is 47.4. The number of amides is 1. The first-order valence-corrected chi connectivity index (χ1v) is 31.8. The molecule has 0 saturated heterocycles. The van der Waals surface area contributed by atoms with Crippen molar-refractivity contribution >= 4 is 5.91 Å². The first-order chi connectivity index (χ1) is 34.5. The van der Waals surface area contributed by atoms with E-state index in [1.54, 1.807) is 6.08 Å². The van der Waals surface area contributed by atoms with Gasteiger partial charge in [-0.2, -0.15) is 0 Å². The fourth-order valence-electron chi connectivity index (χ4n) is 10.1. The highest BCUT2D eigenvalue weighted by atomic mass is 16.3. The number of carbonyl (C=O) groups is 1. The minimum atomic E-state index is -0.952. The van der Waals surface area contributed by atoms with Crippen molar-refractivity contribution in [3.63, 3.8) is 0 Å². The van der Waals surface area contributed by atoms with E-state index in [-0.39, 0.29) is 18.9 Å². The van der Waals surface area contributed by atoms with Gasteiger partial charge in [-0.3, -0.25) is 4.79 Å². The van der Waals surface area contributed by atoms with Gasteiger partial charge in [0.05, 0.1) is 31.3 Å². The largest absolute Gasteiger partial charge is 0.394 e. The average molecular weight is 985 g/mol. The topological polar surface area (TPSA) is 89.8 Å². The second-order valence-corrected chi connectivity index (χ2v) is 22.0. The van der Waals surface area contributed by atoms with Crippen LogP contribution in [-0.2, 0) is 4.79 Å². The van der Waals surface area contributed by atoms with Gasteiger partial charge in [-0.1, -0.05) is 320 Å². The molecule has 1 amide bonds. The standard InChI is InChI=1S/C65H125NO4/c1-3-5-7-9-11-13-15-17-19-21-23-25-26-27-28-29-30-31-32-33-34-35-36-37-38-39-40-42-44-46-48-50-52-54-56-58-62(68)60-65(70)66-63(61-67)64(69)59-57-55-53-51-49-47-45-43-41-24-22-20-18-16-14-12-10-8-6-4-2/h31-32,49,51,57,59,62-64,67-69H,3-30,33-48,50,52-56,58,60-61H2,1-2H3,(H,66,70)/b32-31-,51-49+,59-57+. The molecule has 0 aromatic rings. The maximum Gasteiger partial charge on any atom is 0.222 e. The molecular weight excluding hydrogens is 859 g/mol. The van der Waals surface area contributed by atoms with Crippen molar-refractivity contribution in [1.82, 2.24) is 5.32 Å². The Hall–Kier alpha value is -1.43. The van der Waals surface area contributed by atoms with Crippen molar-refractivity contribution in [2.75, 3.05) is 6.61 Å². The number of allylic oxidation sites excluding steroid dienone is 5. The Morgan fingerprint density at radius 1 is 0.357 bits per heavy atom. The molecule has 0 saturated carbocycles. The Morgan fingerprint density at radius 3 is 0.914 bits per heavy atom. The molecule has 0 aliphatic carbocycles. The van der Waals surface area contributed by atoms with E-state index in [2.05, 4.69) is 43.5 Å². The van der Waals surface area contributed by atoms with E-state index < -0.39 is 18.2 Å². The maximum atomic E-state index is 12.5. The molecule has 4 N–H and O–H groups in total. The van der Waals surface area contributed by atoms with Gasteiger partial charge in [0, 0.05) is 0 Å². The Kier molecular flexibility index (Phi) is 58.9. The lowest BCUT2D eigenvalue weighted by atomic mass is 10.0. The minimum Gasteiger partial charge on any atom is -0.394 e. The second kappa shape index (κ2) is 60.1. The van der Waals surface area contributed by atoms with Crippen molar-refractivity contribution in [2.45, 2.75) is 366 Å². The van der Waals surface area contributed by atoms with Gasteiger partial charge in [0.2, 0.25) is 5.91 Å². The van der Waals surface area contributed by atoms with Gasteiger partial charge in [0.15, 0.2) is 0 Å². The lowest BCUT2D eigenvalue weighted by Crippen LogP contribution is -2.45. The molecule has 5 heteroatoms. The molecule has 0 aliphatic heterocycles. The van der Waals surface area contributed by atoms with Crippen molar-refractivity contribution in [2.24, 2.45) is 0 Å². The van der Waals surface area contributed by atoms with Gasteiger partial charge in [0.25, 0.3) is 0 Å². The molecule has 0 aromatic heterocycles. The third-order valence-corrected chi connectivity index (χ3v) is 14.9. The molecule has 0 aromatic carbocycles. The van der Waals surface area contributed by atoms with E-state index in [9.17, 15) is 20.1 Å². The lowest BCUT2D eigenvalue weighted by Gasteiger charge is -2.21. The first kappa shape index (κ1) is 68.6. The Labute approximate surface area is 438 Å². The molecule has 0 rings (SSSR count). The van der Waals surface area contributed by atoms with Gasteiger partial charge >= 0.3 is 0 Å². The van der Waals surface area contributed by atoms with Crippen LogP contribution < -0.4 is 5.32 Å². The van der Waals surface area contributed by atoms with Crippen LogP contribution in [0.15, 0.2) is 36.5 Å². The third kappa shape index (κ3) is 55.9. The smallest absolute Gasteiger partial charge is 0.222 e. The van der Waals surface area contributed by atoms with Crippen molar-refractivity contribution < 1.29 is 20.1 Å². The van der Waals surface area contributed by atoms with Gasteiger partial charge in [-0.15, -0.1) is 0 Å². The summed E-state index contributed by atoms with van der Waals surface area (Å²) in [4.78, 5) is 12.5.